The van der Waals surface area contributed by atoms with Crippen molar-refractivity contribution in [2.75, 3.05) is 0 Å². The average Bonchev–Trinajstić information content (AvgIpc) is 3.06. The lowest BCUT2D eigenvalue weighted by atomic mass is 9.84. The number of carboxylic acids is 1. The van der Waals surface area contributed by atoms with Crippen molar-refractivity contribution < 1.29 is 9.90 Å². The maximum Gasteiger partial charge on any atom is 0.337 e. The molecule has 2 aromatic heterocycles. The number of aromatic nitrogens is 2. The van der Waals surface area contributed by atoms with E-state index in [1.807, 2.05) is 6.20 Å². The van der Waals surface area contributed by atoms with Crippen molar-refractivity contribution in [1.29, 1.82) is 0 Å². The second-order valence-electron chi connectivity index (χ2n) is 6.57. The number of aromatic carboxylic acids is 1. The van der Waals surface area contributed by atoms with Gasteiger partial charge < -0.3 is 9.51 Å². The molecular weight excluding hydrogens is 300 g/mol. The van der Waals surface area contributed by atoms with Gasteiger partial charge in [0.1, 0.15) is 5.65 Å². The average molecular weight is 320 g/mol. The van der Waals surface area contributed by atoms with Crippen LogP contribution in [0.2, 0.25) is 0 Å². The number of pyridine rings is 1. The van der Waals surface area contributed by atoms with E-state index in [0.29, 0.717) is 5.92 Å². The third-order valence-corrected chi connectivity index (χ3v) is 4.98. The summed E-state index contributed by atoms with van der Waals surface area (Å²) < 4.78 is 1.77. The zero-order valence-electron chi connectivity index (χ0n) is 13.5. The first-order valence-electron chi connectivity index (χ1n) is 8.53. The van der Waals surface area contributed by atoms with Crippen molar-refractivity contribution >= 4 is 11.6 Å². The number of rotatable bonds is 3. The molecular formula is C20H20N2O2. The topological polar surface area (TPSA) is 54.6 Å². The number of nitrogens with zero attached hydrogens (tertiary/aromatic N) is 2. The number of fused-ring (bicyclic) bond motifs is 1. The SMILES string of the molecule is O=C(O)c1ccc2nc(-c3ccc(C4CCCCC4)cc3)cn2c1. The summed E-state index contributed by atoms with van der Waals surface area (Å²) in [6.45, 7) is 0. The Labute approximate surface area is 140 Å². The lowest BCUT2D eigenvalue weighted by Crippen LogP contribution is -2.04. The lowest BCUT2D eigenvalue weighted by molar-refractivity contribution is 0.0696. The molecule has 1 aliphatic carbocycles. The van der Waals surface area contributed by atoms with Crippen LogP contribution < -0.4 is 0 Å². The quantitative estimate of drug-likeness (QED) is 0.758. The van der Waals surface area contributed by atoms with E-state index in [1.165, 1.54) is 37.7 Å². The Bertz CT molecular complexity index is 874. The molecule has 0 amide bonds. The first-order valence-corrected chi connectivity index (χ1v) is 8.53. The van der Waals surface area contributed by atoms with Crippen LogP contribution in [0.15, 0.2) is 48.8 Å². The van der Waals surface area contributed by atoms with Gasteiger partial charge in [-0.25, -0.2) is 9.78 Å². The molecule has 2 heterocycles. The molecule has 0 saturated heterocycles. The van der Waals surface area contributed by atoms with Crippen LogP contribution in [0.25, 0.3) is 16.9 Å². The van der Waals surface area contributed by atoms with Crippen LogP contribution in [-0.2, 0) is 0 Å². The Balaban J connectivity index is 1.63. The summed E-state index contributed by atoms with van der Waals surface area (Å²) in [6.07, 6.45) is 10.1. The van der Waals surface area contributed by atoms with E-state index >= 15 is 0 Å². The molecule has 0 spiro atoms. The first-order chi connectivity index (χ1) is 11.7. The molecule has 1 aliphatic rings. The highest BCUT2D eigenvalue weighted by atomic mass is 16.4. The van der Waals surface area contributed by atoms with Gasteiger partial charge in [0.25, 0.3) is 0 Å². The molecule has 0 bridgehead atoms. The van der Waals surface area contributed by atoms with Gasteiger partial charge in [0.05, 0.1) is 11.3 Å². The number of imidazole rings is 1. The van der Waals surface area contributed by atoms with Gasteiger partial charge in [-0.05, 0) is 36.5 Å². The lowest BCUT2D eigenvalue weighted by Gasteiger charge is -2.21. The van der Waals surface area contributed by atoms with Crippen LogP contribution in [0.5, 0.6) is 0 Å². The number of carbonyl (C=O) groups is 1. The van der Waals surface area contributed by atoms with Gasteiger partial charge in [0, 0.05) is 18.0 Å². The Morgan fingerprint density at radius 3 is 2.46 bits per heavy atom. The summed E-state index contributed by atoms with van der Waals surface area (Å²) in [5, 5.41) is 9.09. The van der Waals surface area contributed by atoms with E-state index in [1.54, 1.807) is 22.7 Å². The Kier molecular flexibility index (Phi) is 3.81. The summed E-state index contributed by atoms with van der Waals surface area (Å²) in [6, 6.07) is 12.0. The minimum atomic E-state index is -0.927. The zero-order chi connectivity index (χ0) is 16.5. The molecule has 4 nitrogen and oxygen atoms in total. The second-order valence-corrected chi connectivity index (χ2v) is 6.57. The van der Waals surface area contributed by atoms with E-state index in [2.05, 4.69) is 29.2 Å². The Hall–Kier alpha value is -2.62. The van der Waals surface area contributed by atoms with E-state index < -0.39 is 5.97 Å². The van der Waals surface area contributed by atoms with Crippen LogP contribution in [0.4, 0.5) is 0 Å². The fourth-order valence-electron chi connectivity index (χ4n) is 3.62. The normalized spacial score (nSPS) is 15.7. The standard InChI is InChI=1S/C20H20N2O2/c23-20(24)17-10-11-19-21-18(13-22(19)12-17)16-8-6-15(7-9-16)14-4-2-1-3-5-14/h6-14H,1-5H2,(H,23,24). The molecule has 0 radical (unpaired) electrons. The third kappa shape index (κ3) is 2.80. The van der Waals surface area contributed by atoms with E-state index in [9.17, 15) is 4.79 Å². The Morgan fingerprint density at radius 1 is 1.00 bits per heavy atom. The van der Waals surface area contributed by atoms with Crippen molar-refractivity contribution in [2.24, 2.45) is 0 Å². The highest BCUT2D eigenvalue weighted by molar-refractivity contribution is 5.87. The van der Waals surface area contributed by atoms with Crippen LogP contribution in [0.3, 0.4) is 0 Å². The fraction of sp³-hybridized carbons (Fsp3) is 0.300. The van der Waals surface area contributed by atoms with Crippen LogP contribution >= 0.6 is 0 Å². The molecule has 0 atom stereocenters. The van der Waals surface area contributed by atoms with Crippen molar-refractivity contribution in [3.8, 4) is 11.3 Å². The third-order valence-electron chi connectivity index (χ3n) is 4.98. The van der Waals surface area contributed by atoms with Gasteiger partial charge >= 0.3 is 5.97 Å². The number of carboxylic acid groups (broad SMARTS) is 1. The van der Waals surface area contributed by atoms with Gasteiger partial charge in [-0.1, -0.05) is 43.5 Å². The van der Waals surface area contributed by atoms with Crippen LogP contribution in [0, 0.1) is 0 Å². The molecule has 1 fully saturated rings. The zero-order valence-corrected chi connectivity index (χ0v) is 13.5. The van der Waals surface area contributed by atoms with Crippen LogP contribution in [0.1, 0.15) is 53.9 Å². The highest BCUT2D eigenvalue weighted by Gasteiger charge is 2.15. The summed E-state index contributed by atoms with van der Waals surface area (Å²) in [4.78, 5) is 15.7. The molecule has 122 valence electrons. The molecule has 24 heavy (non-hydrogen) atoms. The van der Waals surface area contributed by atoms with Crippen molar-refractivity contribution in [3.05, 3.63) is 59.9 Å². The van der Waals surface area contributed by atoms with Gasteiger partial charge in [-0.15, -0.1) is 0 Å². The first kappa shape index (κ1) is 14.9. The number of benzene rings is 1. The predicted molar refractivity (Wildman–Crippen MR) is 93.4 cm³/mol. The second kappa shape index (κ2) is 6.11. The van der Waals surface area contributed by atoms with Crippen molar-refractivity contribution in [2.45, 2.75) is 38.0 Å². The van der Waals surface area contributed by atoms with Gasteiger partial charge in [0.15, 0.2) is 0 Å². The van der Waals surface area contributed by atoms with Crippen LogP contribution in [-0.4, -0.2) is 20.5 Å². The summed E-state index contributed by atoms with van der Waals surface area (Å²) in [5.74, 6) is -0.226. The number of hydrogen-bond donors (Lipinski definition) is 1. The molecule has 3 aromatic rings. The maximum absolute atomic E-state index is 11.1. The summed E-state index contributed by atoms with van der Waals surface area (Å²) in [5.41, 5.74) is 4.38. The molecule has 1 saturated carbocycles. The van der Waals surface area contributed by atoms with Gasteiger partial charge in [-0.3, -0.25) is 0 Å². The maximum atomic E-state index is 11.1. The number of hydrogen-bond acceptors (Lipinski definition) is 2. The Morgan fingerprint density at radius 2 is 1.75 bits per heavy atom. The van der Waals surface area contributed by atoms with Gasteiger partial charge in [0.2, 0.25) is 0 Å². The molecule has 0 unspecified atom stereocenters. The molecule has 1 aromatic carbocycles. The minimum Gasteiger partial charge on any atom is -0.478 e. The van der Waals surface area contributed by atoms with Gasteiger partial charge in [-0.2, -0.15) is 0 Å². The molecule has 0 aliphatic heterocycles. The van der Waals surface area contributed by atoms with E-state index in [-0.39, 0.29) is 5.56 Å². The largest absolute Gasteiger partial charge is 0.478 e. The monoisotopic (exact) mass is 320 g/mol. The van der Waals surface area contributed by atoms with Crippen molar-refractivity contribution in [1.82, 2.24) is 9.38 Å². The fourth-order valence-corrected chi connectivity index (χ4v) is 3.62. The highest BCUT2D eigenvalue weighted by Crippen LogP contribution is 2.33. The smallest absolute Gasteiger partial charge is 0.337 e. The van der Waals surface area contributed by atoms with E-state index in [0.717, 1.165) is 16.9 Å². The minimum absolute atomic E-state index is 0.263. The summed E-state index contributed by atoms with van der Waals surface area (Å²) in [7, 11) is 0. The summed E-state index contributed by atoms with van der Waals surface area (Å²) >= 11 is 0. The van der Waals surface area contributed by atoms with E-state index in [4.69, 9.17) is 5.11 Å². The van der Waals surface area contributed by atoms with Crippen molar-refractivity contribution in [3.63, 3.8) is 0 Å². The predicted octanol–water partition coefficient (Wildman–Crippen LogP) is 4.75. The molecule has 4 heteroatoms. The molecule has 4 rings (SSSR count). The molecule has 1 N–H and O–H groups in total.